The first-order valence-electron chi connectivity index (χ1n) is 13.6. The van der Waals surface area contributed by atoms with E-state index in [1.807, 2.05) is 48.3 Å². The van der Waals surface area contributed by atoms with Gasteiger partial charge in [0, 0.05) is 81.7 Å². The van der Waals surface area contributed by atoms with Crippen LogP contribution in [-0.2, 0) is 16.6 Å². The molecule has 1 aromatic heterocycles. The zero-order valence-corrected chi connectivity index (χ0v) is 22.7. The fraction of sp³-hybridized carbons (Fsp3) is 0.467. The second-order valence-corrected chi connectivity index (χ2v) is 10.5. The topological polar surface area (TPSA) is 70.1 Å². The van der Waals surface area contributed by atoms with E-state index in [4.69, 9.17) is 4.74 Å². The monoisotopic (exact) mass is 517 g/mol. The van der Waals surface area contributed by atoms with E-state index >= 15 is 0 Å². The smallest absolute Gasteiger partial charge is 0.254 e. The molecule has 1 N–H and O–H groups in total. The van der Waals surface area contributed by atoms with Gasteiger partial charge in [-0.15, -0.1) is 0 Å². The molecule has 38 heavy (non-hydrogen) atoms. The average molecular weight is 518 g/mol. The Morgan fingerprint density at radius 2 is 1.71 bits per heavy atom. The predicted molar refractivity (Wildman–Crippen MR) is 149 cm³/mol. The molecule has 2 aromatic carbocycles. The number of aryl methyl sites for hydroxylation is 1. The Labute approximate surface area is 225 Å². The molecule has 0 radical (unpaired) electrons. The van der Waals surface area contributed by atoms with Gasteiger partial charge in [-0.2, -0.15) is 0 Å². The minimum Gasteiger partial charge on any atom is -0.383 e. The lowest BCUT2D eigenvalue weighted by Gasteiger charge is -2.41. The number of rotatable bonds is 9. The third kappa shape index (κ3) is 5.21. The number of aromatic nitrogens is 1. The number of amides is 2. The minimum absolute atomic E-state index is 0.0383. The molecule has 2 aliphatic rings. The highest BCUT2D eigenvalue weighted by Gasteiger charge is 2.44. The van der Waals surface area contributed by atoms with Gasteiger partial charge in [-0.05, 0) is 37.7 Å². The Bertz CT molecular complexity index is 1280. The Kier molecular flexibility index (Phi) is 8.12. The molecule has 3 heterocycles. The quantitative estimate of drug-likeness (QED) is 0.442. The highest BCUT2D eigenvalue weighted by molar-refractivity contribution is 6.02. The Balaban J connectivity index is 1.45. The van der Waals surface area contributed by atoms with E-state index in [9.17, 15) is 9.59 Å². The van der Waals surface area contributed by atoms with Gasteiger partial charge in [0.15, 0.2) is 0 Å². The molecule has 8 nitrogen and oxygen atoms in total. The van der Waals surface area contributed by atoms with Crippen molar-refractivity contribution >= 4 is 22.7 Å². The number of carbonyl (C=O) groups is 2. The molecule has 3 aromatic rings. The molecule has 2 aliphatic heterocycles. The minimum atomic E-state index is -0.518. The summed E-state index contributed by atoms with van der Waals surface area (Å²) in [6.45, 7) is 6.70. The summed E-state index contributed by atoms with van der Waals surface area (Å²) in [4.78, 5) is 34.4. The first-order valence-corrected chi connectivity index (χ1v) is 13.6. The van der Waals surface area contributed by atoms with Crippen LogP contribution in [0.1, 0.15) is 39.9 Å². The number of fused-ring (bicyclic) bond motifs is 2. The van der Waals surface area contributed by atoms with Gasteiger partial charge in [-0.3, -0.25) is 9.59 Å². The van der Waals surface area contributed by atoms with Crippen molar-refractivity contribution in [3.63, 3.8) is 0 Å². The van der Waals surface area contributed by atoms with Crippen LogP contribution >= 0.6 is 0 Å². The molecule has 2 amide bonds. The van der Waals surface area contributed by atoms with Crippen molar-refractivity contribution < 1.29 is 14.3 Å². The molecular formula is C30H39N5O3. The summed E-state index contributed by atoms with van der Waals surface area (Å²) < 4.78 is 7.47. The fourth-order valence-corrected chi connectivity index (χ4v) is 5.96. The molecule has 0 bridgehead atoms. The third-order valence-corrected chi connectivity index (χ3v) is 8.05. The molecule has 5 rings (SSSR count). The van der Waals surface area contributed by atoms with Crippen LogP contribution in [0.5, 0.6) is 0 Å². The van der Waals surface area contributed by atoms with Crippen LogP contribution < -0.4 is 5.32 Å². The second-order valence-electron chi connectivity index (χ2n) is 10.5. The second kappa shape index (κ2) is 11.7. The number of nitrogens with one attached hydrogen (secondary N) is 1. The number of hydrogen-bond donors (Lipinski definition) is 1. The van der Waals surface area contributed by atoms with Crippen molar-refractivity contribution in [2.24, 2.45) is 7.05 Å². The van der Waals surface area contributed by atoms with Gasteiger partial charge >= 0.3 is 0 Å². The van der Waals surface area contributed by atoms with E-state index in [1.54, 1.807) is 7.11 Å². The summed E-state index contributed by atoms with van der Waals surface area (Å²) in [5.74, 6) is -0.617. The van der Waals surface area contributed by atoms with Gasteiger partial charge in [-0.25, -0.2) is 0 Å². The lowest BCUT2D eigenvalue weighted by atomic mass is 9.79. The molecule has 0 saturated carbocycles. The average Bonchev–Trinajstić information content (AvgIpc) is 3.27. The number of piperazine rings is 1. The zero-order valence-electron chi connectivity index (χ0n) is 22.7. The zero-order chi connectivity index (χ0) is 26.6. The summed E-state index contributed by atoms with van der Waals surface area (Å²) in [6, 6.07) is 15.3. The number of hydrogen-bond acceptors (Lipinski definition) is 5. The predicted octanol–water partition coefficient (Wildman–Crippen LogP) is 2.86. The lowest BCUT2D eigenvalue weighted by Crippen LogP contribution is -2.48. The Hall–Kier alpha value is -3.20. The number of nitrogens with zero attached hydrogens (tertiary/aromatic N) is 4. The summed E-state index contributed by atoms with van der Waals surface area (Å²) in [7, 11) is 5.81. The molecule has 2 unspecified atom stereocenters. The van der Waals surface area contributed by atoms with Crippen molar-refractivity contribution in [3.05, 3.63) is 71.4 Å². The van der Waals surface area contributed by atoms with E-state index in [0.29, 0.717) is 25.3 Å². The number of carbonyl (C=O) groups excluding carboxylic acids is 2. The first-order chi connectivity index (χ1) is 18.5. The molecule has 0 spiro atoms. The Morgan fingerprint density at radius 1 is 0.974 bits per heavy atom. The van der Waals surface area contributed by atoms with E-state index < -0.39 is 12.0 Å². The highest BCUT2D eigenvalue weighted by Crippen LogP contribution is 2.45. The van der Waals surface area contributed by atoms with Gasteiger partial charge in [-0.1, -0.05) is 36.4 Å². The molecule has 202 valence electrons. The SMILES string of the molecule is COCCN1C(=O)c2ccccc2C(C(=O)NCCCN2CCN(C)CC2)C1c1cn(C)c2ccccc12. The normalized spacial score (nSPS) is 20.6. The van der Waals surface area contributed by atoms with E-state index in [2.05, 4.69) is 45.1 Å². The standard InChI is InChI=1S/C30H39N5O3/c1-32-15-17-34(18-16-32)14-8-13-31-29(36)27-23-10-4-5-11-24(23)30(37)35(19-20-38-3)28(27)25-21-33(2)26-12-7-6-9-22(25)26/h4-7,9-12,21,27-28H,8,13-20H2,1-3H3,(H,31,36). The van der Waals surface area contributed by atoms with Crippen molar-refractivity contribution in [2.45, 2.75) is 18.4 Å². The van der Waals surface area contributed by atoms with Gasteiger partial charge in [0.2, 0.25) is 5.91 Å². The van der Waals surface area contributed by atoms with E-state index in [0.717, 1.165) is 61.2 Å². The summed E-state index contributed by atoms with van der Waals surface area (Å²) in [5, 5.41) is 4.29. The summed E-state index contributed by atoms with van der Waals surface area (Å²) in [6.07, 6.45) is 2.97. The molecule has 2 atom stereocenters. The van der Waals surface area contributed by atoms with E-state index in [-0.39, 0.29) is 11.8 Å². The van der Waals surface area contributed by atoms with Crippen LogP contribution in [0.4, 0.5) is 0 Å². The molecular weight excluding hydrogens is 478 g/mol. The van der Waals surface area contributed by atoms with Gasteiger partial charge in [0.05, 0.1) is 18.6 Å². The summed E-state index contributed by atoms with van der Waals surface area (Å²) in [5.41, 5.74) is 3.45. The van der Waals surface area contributed by atoms with Crippen molar-refractivity contribution in [3.8, 4) is 0 Å². The number of ether oxygens (including phenoxy) is 1. The first kappa shape index (κ1) is 26.4. The van der Waals surface area contributed by atoms with Crippen LogP contribution in [0.25, 0.3) is 10.9 Å². The molecule has 8 heteroatoms. The number of methoxy groups -OCH3 is 1. The highest BCUT2D eigenvalue weighted by atomic mass is 16.5. The lowest BCUT2D eigenvalue weighted by molar-refractivity contribution is -0.124. The number of likely N-dealkylation sites (N-methyl/N-ethyl adjacent to an activating group) is 1. The van der Waals surface area contributed by atoms with Gasteiger partial charge in [0.25, 0.3) is 5.91 Å². The largest absolute Gasteiger partial charge is 0.383 e. The maximum Gasteiger partial charge on any atom is 0.254 e. The van der Waals surface area contributed by atoms with Crippen LogP contribution in [0.3, 0.4) is 0 Å². The van der Waals surface area contributed by atoms with E-state index in [1.165, 1.54) is 0 Å². The third-order valence-electron chi connectivity index (χ3n) is 8.05. The van der Waals surface area contributed by atoms with Crippen molar-refractivity contribution in [2.75, 3.05) is 66.6 Å². The van der Waals surface area contributed by atoms with Crippen molar-refractivity contribution in [1.29, 1.82) is 0 Å². The van der Waals surface area contributed by atoms with Crippen LogP contribution in [0.2, 0.25) is 0 Å². The number of para-hydroxylation sites is 1. The molecule has 1 saturated heterocycles. The Morgan fingerprint density at radius 3 is 2.50 bits per heavy atom. The maximum atomic E-state index is 14.0. The molecule has 1 fully saturated rings. The maximum absolute atomic E-state index is 14.0. The number of benzene rings is 2. The van der Waals surface area contributed by atoms with Crippen LogP contribution in [0, 0.1) is 0 Å². The van der Waals surface area contributed by atoms with Gasteiger partial charge in [0.1, 0.15) is 0 Å². The fourth-order valence-electron chi connectivity index (χ4n) is 5.96. The molecule has 0 aliphatic carbocycles. The summed E-state index contributed by atoms with van der Waals surface area (Å²) >= 11 is 0. The van der Waals surface area contributed by atoms with Gasteiger partial charge < -0.3 is 29.3 Å². The van der Waals surface area contributed by atoms with Crippen LogP contribution in [-0.4, -0.2) is 97.7 Å². The van der Waals surface area contributed by atoms with Crippen molar-refractivity contribution in [1.82, 2.24) is 24.6 Å². The van der Waals surface area contributed by atoms with Crippen LogP contribution in [0.15, 0.2) is 54.7 Å².